The molecule has 0 saturated carbocycles. The van der Waals surface area contributed by atoms with Crippen LogP contribution in [0.3, 0.4) is 0 Å². The molecule has 0 radical (unpaired) electrons. The molecule has 2 aliphatic rings. The number of nitrogens with zero attached hydrogens (tertiary/aromatic N) is 4. The SMILES string of the molecule is CCn1ccnc1CN1CC[C@]2(CCCN(C(=O)CCc3ccccc3)C2)C1. The minimum absolute atomic E-state index is 0.282. The van der Waals surface area contributed by atoms with Crippen LogP contribution in [0.4, 0.5) is 0 Å². The molecule has 0 unspecified atom stereocenters. The maximum Gasteiger partial charge on any atom is 0.222 e. The maximum absolute atomic E-state index is 12.8. The fourth-order valence-corrected chi connectivity index (χ4v) is 4.95. The number of piperidine rings is 1. The number of hydrogen-bond donors (Lipinski definition) is 0. The highest BCUT2D eigenvalue weighted by molar-refractivity contribution is 5.76. The van der Waals surface area contributed by atoms with E-state index >= 15 is 0 Å². The van der Waals surface area contributed by atoms with Gasteiger partial charge in [0, 0.05) is 50.4 Å². The summed E-state index contributed by atoms with van der Waals surface area (Å²) >= 11 is 0. The molecule has 1 spiro atoms. The van der Waals surface area contributed by atoms with E-state index in [1.165, 1.54) is 18.4 Å². The summed E-state index contributed by atoms with van der Waals surface area (Å²) in [5, 5.41) is 0. The first kappa shape index (κ1) is 19.2. The van der Waals surface area contributed by atoms with E-state index < -0.39 is 0 Å². The minimum Gasteiger partial charge on any atom is -0.342 e. The summed E-state index contributed by atoms with van der Waals surface area (Å²) in [5.74, 6) is 1.48. The number of benzene rings is 1. The van der Waals surface area contributed by atoms with Crippen LogP contribution >= 0.6 is 0 Å². The van der Waals surface area contributed by atoms with E-state index in [9.17, 15) is 4.79 Å². The van der Waals surface area contributed by atoms with Crippen molar-refractivity contribution in [1.82, 2.24) is 19.4 Å². The molecule has 0 aliphatic carbocycles. The molecule has 2 fully saturated rings. The Labute approximate surface area is 168 Å². The molecule has 1 atom stereocenters. The highest BCUT2D eigenvalue weighted by atomic mass is 16.2. The fourth-order valence-electron chi connectivity index (χ4n) is 4.95. The van der Waals surface area contributed by atoms with Gasteiger partial charge in [0.2, 0.25) is 5.91 Å². The van der Waals surface area contributed by atoms with E-state index in [0.29, 0.717) is 12.3 Å². The van der Waals surface area contributed by atoms with Crippen molar-refractivity contribution in [2.75, 3.05) is 26.2 Å². The second-order valence-corrected chi connectivity index (χ2v) is 8.49. The summed E-state index contributed by atoms with van der Waals surface area (Å²) in [6.45, 7) is 8.11. The number of aromatic nitrogens is 2. The van der Waals surface area contributed by atoms with Crippen LogP contribution in [0.5, 0.6) is 0 Å². The van der Waals surface area contributed by atoms with Crippen LogP contribution in [0.15, 0.2) is 42.7 Å². The van der Waals surface area contributed by atoms with E-state index in [-0.39, 0.29) is 5.41 Å². The van der Waals surface area contributed by atoms with E-state index in [1.807, 2.05) is 24.4 Å². The third-order valence-electron chi connectivity index (χ3n) is 6.51. The molecule has 2 aromatic rings. The van der Waals surface area contributed by atoms with Gasteiger partial charge in [-0.1, -0.05) is 30.3 Å². The lowest BCUT2D eigenvalue weighted by molar-refractivity contribution is -0.134. The van der Waals surface area contributed by atoms with E-state index in [0.717, 1.165) is 57.9 Å². The summed E-state index contributed by atoms with van der Waals surface area (Å²) < 4.78 is 2.23. The first-order chi connectivity index (χ1) is 13.7. The highest BCUT2D eigenvalue weighted by Gasteiger charge is 2.42. The van der Waals surface area contributed by atoms with Crippen LogP contribution in [0.1, 0.15) is 44.0 Å². The van der Waals surface area contributed by atoms with Gasteiger partial charge in [0.1, 0.15) is 5.82 Å². The zero-order chi connectivity index (χ0) is 19.4. The van der Waals surface area contributed by atoms with Crippen LogP contribution in [-0.2, 0) is 24.3 Å². The summed E-state index contributed by atoms with van der Waals surface area (Å²) in [5.41, 5.74) is 1.53. The summed E-state index contributed by atoms with van der Waals surface area (Å²) in [7, 11) is 0. The van der Waals surface area contributed by atoms with Crippen molar-refractivity contribution in [3.63, 3.8) is 0 Å². The Morgan fingerprint density at radius 2 is 2.00 bits per heavy atom. The smallest absolute Gasteiger partial charge is 0.222 e. The zero-order valence-corrected chi connectivity index (χ0v) is 17.0. The monoisotopic (exact) mass is 380 g/mol. The standard InChI is InChI=1S/C23H32N4O/c1-2-26-16-13-24-21(26)17-25-15-12-23(18-25)11-6-14-27(19-23)22(28)10-9-20-7-4-3-5-8-20/h3-5,7-8,13,16H,2,6,9-12,14-15,17-19H2,1H3/t23-/m1/s1. The molecular formula is C23H32N4O. The molecule has 2 aliphatic heterocycles. The Kier molecular flexibility index (Phi) is 5.81. The van der Waals surface area contributed by atoms with Gasteiger partial charge in [-0.05, 0) is 44.7 Å². The van der Waals surface area contributed by atoms with Gasteiger partial charge in [-0.15, -0.1) is 0 Å². The lowest BCUT2D eigenvalue weighted by Gasteiger charge is -2.40. The third kappa shape index (κ3) is 4.30. The summed E-state index contributed by atoms with van der Waals surface area (Å²) in [6, 6.07) is 10.3. The van der Waals surface area contributed by atoms with Crippen molar-refractivity contribution in [2.45, 2.75) is 52.1 Å². The lowest BCUT2D eigenvalue weighted by atomic mass is 9.79. The number of carbonyl (C=O) groups is 1. The molecule has 1 aromatic carbocycles. The van der Waals surface area contributed by atoms with Crippen LogP contribution in [0, 0.1) is 5.41 Å². The number of hydrogen-bond acceptors (Lipinski definition) is 3. The largest absolute Gasteiger partial charge is 0.342 e. The predicted octanol–water partition coefficient (Wildman–Crippen LogP) is 3.35. The average Bonchev–Trinajstić information content (AvgIpc) is 3.34. The Morgan fingerprint density at radius 3 is 2.82 bits per heavy atom. The molecule has 150 valence electrons. The molecule has 0 bridgehead atoms. The fraction of sp³-hybridized carbons (Fsp3) is 0.565. The third-order valence-corrected chi connectivity index (χ3v) is 6.51. The van der Waals surface area contributed by atoms with Crippen molar-refractivity contribution >= 4 is 5.91 Å². The zero-order valence-electron chi connectivity index (χ0n) is 17.0. The molecule has 0 N–H and O–H groups in total. The molecule has 1 amide bonds. The molecule has 4 rings (SSSR count). The van der Waals surface area contributed by atoms with Gasteiger partial charge >= 0.3 is 0 Å². The highest BCUT2D eigenvalue weighted by Crippen LogP contribution is 2.39. The van der Waals surface area contributed by atoms with Gasteiger partial charge in [-0.25, -0.2) is 4.98 Å². The Morgan fingerprint density at radius 1 is 1.14 bits per heavy atom. The molecule has 1 aromatic heterocycles. The van der Waals surface area contributed by atoms with E-state index in [4.69, 9.17) is 0 Å². The van der Waals surface area contributed by atoms with Gasteiger partial charge in [0.15, 0.2) is 0 Å². The van der Waals surface area contributed by atoms with Crippen molar-refractivity contribution in [2.24, 2.45) is 5.41 Å². The predicted molar refractivity (Wildman–Crippen MR) is 111 cm³/mol. The normalized spacial score (nSPS) is 22.8. The molecule has 2 saturated heterocycles. The topological polar surface area (TPSA) is 41.4 Å². The van der Waals surface area contributed by atoms with E-state index in [2.05, 4.69) is 44.6 Å². The molecular weight excluding hydrogens is 348 g/mol. The number of aryl methyl sites for hydroxylation is 2. The van der Waals surface area contributed by atoms with Crippen molar-refractivity contribution in [1.29, 1.82) is 0 Å². The lowest BCUT2D eigenvalue weighted by Crippen LogP contribution is -2.47. The molecule has 28 heavy (non-hydrogen) atoms. The first-order valence-corrected chi connectivity index (χ1v) is 10.7. The van der Waals surface area contributed by atoms with Crippen molar-refractivity contribution < 1.29 is 4.79 Å². The Hall–Kier alpha value is -2.14. The van der Waals surface area contributed by atoms with Gasteiger partial charge in [0.25, 0.3) is 0 Å². The van der Waals surface area contributed by atoms with Gasteiger partial charge in [-0.2, -0.15) is 0 Å². The van der Waals surface area contributed by atoms with Crippen LogP contribution in [0.2, 0.25) is 0 Å². The Balaban J connectivity index is 1.32. The molecule has 3 heterocycles. The molecule has 5 heteroatoms. The maximum atomic E-state index is 12.8. The van der Waals surface area contributed by atoms with Crippen LogP contribution < -0.4 is 0 Å². The first-order valence-electron chi connectivity index (χ1n) is 10.7. The van der Waals surface area contributed by atoms with Crippen LogP contribution in [0.25, 0.3) is 0 Å². The van der Waals surface area contributed by atoms with Crippen molar-refractivity contribution in [3.8, 4) is 0 Å². The second kappa shape index (κ2) is 8.48. The quantitative estimate of drug-likeness (QED) is 0.772. The van der Waals surface area contributed by atoms with Crippen molar-refractivity contribution in [3.05, 3.63) is 54.1 Å². The minimum atomic E-state index is 0.282. The van der Waals surface area contributed by atoms with Gasteiger partial charge < -0.3 is 9.47 Å². The number of carbonyl (C=O) groups excluding carboxylic acids is 1. The summed E-state index contributed by atoms with van der Waals surface area (Å²) in [4.78, 5) is 22.0. The second-order valence-electron chi connectivity index (χ2n) is 8.49. The number of imidazole rings is 1. The average molecular weight is 381 g/mol. The van der Waals surface area contributed by atoms with Crippen LogP contribution in [-0.4, -0.2) is 51.4 Å². The Bertz CT molecular complexity index is 787. The van der Waals surface area contributed by atoms with Gasteiger partial charge in [0.05, 0.1) is 6.54 Å². The number of likely N-dealkylation sites (tertiary alicyclic amines) is 2. The van der Waals surface area contributed by atoms with Gasteiger partial charge in [-0.3, -0.25) is 9.69 Å². The summed E-state index contributed by atoms with van der Waals surface area (Å²) in [6.07, 6.45) is 9.01. The molecule has 5 nitrogen and oxygen atoms in total. The number of amides is 1. The number of rotatable bonds is 6. The van der Waals surface area contributed by atoms with E-state index in [1.54, 1.807) is 0 Å².